The summed E-state index contributed by atoms with van der Waals surface area (Å²) in [4.78, 5) is 38.7. The Labute approximate surface area is 180 Å². The molecule has 6 heteroatoms. The Kier molecular flexibility index (Phi) is 5.63. The van der Waals surface area contributed by atoms with Gasteiger partial charge in [-0.05, 0) is 61.2 Å². The fraction of sp³-hybridized carbons (Fsp3) is 0.320. The number of esters is 1. The van der Waals surface area contributed by atoms with E-state index >= 15 is 0 Å². The number of rotatable bonds is 5. The fourth-order valence-corrected chi connectivity index (χ4v) is 3.90. The van der Waals surface area contributed by atoms with Gasteiger partial charge < -0.3 is 14.1 Å². The van der Waals surface area contributed by atoms with Crippen LogP contribution in [0.5, 0.6) is 0 Å². The molecular formula is C25H25NO5. The molecule has 0 bridgehead atoms. The number of ether oxygens (including phenoxy) is 1. The van der Waals surface area contributed by atoms with Crippen molar-refractivity contribution in [3.05, 3.63) is 75.1 Å². The molecule has 1 aromatic heterocycles. The number of benzene rings is 2. The Balaban J connectivity index is 1.47. The van der Waals surface area contributed by atoms with Crippen LogP contribution in [0.25, 0.3) is 11.0 Å². The molecule has 0 spiro atoms. The Morgan fingerprint density at radius 2 is 1.81 bits per heavy atom. The maximum atomic E-state index is 12.7. The number of carbonyl (C=O) groups excluding carboxylic acids is 2. The van der Waals surface area contributed by atoms with Crippen molar-refractivity contribution in [2.45, 2.75) is 40.2 Å². The molecule has 0 radical (unpaired) electrons. The predicted octanol–water partition coefficient (Wildman–Crippen LogP) is 4.07. The SMILES string of the molecule is CCc1ccc(N2CC(C(=O)OCc3cc(=O)oc4cc(C)c(C)cc34)CC2=O)cc1. The fourth-order valence-electron chi connectivity index (χ4n) is 3.90. The molecule has 0 aliphatic carbocycles. The summed E-state index contributed by atoms with van der Waals surface area (Å²) in [7, 11) is 0. The summed E-state index contributed by atoms with van der Waals surface area (Å²) in [5, 5.41) is 0.746. The van der Waals surface area contributed by atoms with Gasteiger partial charge in [0.25, 0.3) is 0 Å². The van der Waals surface area contributed by atoms with Crippen LogP contribution >= 0.6 is 0 Å². The Hall–Kier alpha value is -3.41. The highest BCUT2D eigenvalue weighted by Crippen LogP contribution is 2.27. The Morgan fingerprint density at radius 1 is 1.10 bits per heavy atom. The van der Waals surface area contributed by atoms with Crippen molar-refractivity contribution in [3.8, 4) is 0 Å². The van der Waals surface area contributed by atoms with Crippen LogP contribution < -0.4 is 10.5 Å². The number of amides is 1. The first-order chi connectivity index (χ1) is 14.9. The van der Waals surface area contributed by atoms with Gasteiger partial charge in [0.15, 0.2) is 0 Å². The number of aryl methyl sites for hydroxylation is 3. The molecule has 1 unspecified atom stereocenters. The zero-order valence-corrected chi connectivity index (χ0v) is 17.9. The molecule has 0 N–H and O–H groups in total. The zero-order valence-electron chi connectivity index (χ0n) is 17.9. The standard InChI is InChI=1S/C25H25NO5/c1-4-17-5-7-20(8-6-17)26-13-18(11-23(26)27)25(29)30-14-19-12-24(28)31-22-10-16(3)15(2)9-21(19)22/h5-10,12,18H,4,11,13-14H2,1-3H3. The third-order valence-electron chi connectivity index (χ3n) is 5.93. The zero-order chi connectivity index (χ0) is 22.1. The van der Waals surface area contributed by atoms with E-state index in [1.54, 1.807) is 4.90 Å². The molecule has 6 nitrogen and oxygen atoms in total. The molecule has 1 amide bonds. The van der Waals surface area contributed by atoms with Crippen LogP contribution in [-0.4, -0.2) is 18.4 Å². The van der Waals surface area contributed by atoms with Crippen molar-refractivity contribution in [3.63, 3.8) is 0 Å². The molecule has 4 rings (SSSR count). The molecule has 3 aromatic rings. The van der Waals surface area contributed by atoms with Crippen LogP contribution in [0.1, 0.15) is 35.6 Å². The van der Waals surface area contributed by atoms with Gasteiger partial charge in [0.05, 0.1) is 5.92 Å². The lowest BCUT2D eigenvalue weighted by molar-refractivity contribution is -0.149. The molecule has 31 heavy (non-hydrogen) atoms. The van der Waals surface area contributed by atoms with E-state index in [1.165, 1.54) is 11.6 Å². The van der Waals surface area contributed by atoms with Gasteiger partial charge in [-0.1, -0.05) is 19.1 Å². The van der Waals surface area contributed by atoms with Gasteiger partial charge in [0.1, 0.15) is 12.2 Å². The van der Waals surface area contributed by atoms with E-state index in [1.807, 2.05) is 50.2 Å². The number of fused-ring (bicyclic) bond motifs is 1. The summed E-state index contributed by atoms with van der Waals surface area (Å²) in [6, 6.07) is 12.9. The van der Waals surface area contributed by atoms with E-state index in [0.29, 0.717) is 17.7 Å². The summed E-state index contributed by atoms with van der Waals surface area (Å²) in [5.74, 6) is -1.07. The van der Waals surface area contributed by atoms with Gasteiger partial charge >= 0.3 is 11.6 Å². The quantitative estimate of drug-likeness (QED) is 0.460. The third-order valence-corrected chi connectivity index (χ3v) is 5.93. The van der Waals surface area contributed by atoms with Crippen LogP contribution in [-0.2, 0) is 27.4 Å². The second-order valence-electron chi connectivity index (χ2n) is 8.06. The summed E-state index contributed by atoms with van der Waals surface area (Å²) in [6.45, 7) is 6.24. The molecule has 0 saturated carbocycles. The van der Waals surface area contributed by atoms with E-state index in [2.05, 4.69) is 6.92 Å². The summed E-state index contributed by atoms with van der Waals surface area (Å²) in [6.07, 6.45) is 1.04. The first-order valence-corrected chi connectivity index (χ1v) is 10.5. The van der Waals surface area contributed by atoms with Crippen molar-refractivity contribution >= 4 is 28.5 Å². The number of carbonyl (C=O) groups is 2. The molecule has 2 heterocycles. The Bertz CT molecular complexity index is 1210. The van der Waals surface area contributed by atoms with Gasteiger partial charge in [-0.25, -0.2) is 4.79 Å². The van der Waals surface area contributed by atoms with E-state index in [9.17, 15) is 14.4 Å². The number of anilines is 1. The van der Waals surface area contributed by atoms with Gasteiger partial charge in [0, 0.05) is 35.7 Å². The third kappa shape index (κ3) is 4.24. The molecule has 1 atom stereocenters. The smallest absolute Gasteiger partial charge is 0.336 e. The van der Waals surface area contributed by atoms with Gasteiger partial charge in [0.2, 0.25) is 5.91 Å². The highest BCUT2D eigenvalue weighted by atomic mass is 16.5. The largest absolute Gasteiger partial charge is 0.461 e. The molecular weight excluding hydrogens is 394 g/mol. The summed E-state index contributed by atoms with van der Waals surface area (Å²) in [5.41, 5.74) is 4.63. The first kappa shape index (κ1) is 20.8. The molecule has 1 fully saturated rings. The molecule has 160 valence electrons. The second-order valence-corrected chi connectivity index (χ2v) is 8.06. The Morgan fingerprint density at radius 3 is 2.52 bits per heavy atom. The molecule has 2 aromatic carbocycles. The van der Waals surface area contributed by atoms with Crippen LogP contribution in [0.4, 0.5) is 5.69 Å². The molecule has 1 saturated heterocycles. The maximum absolute atomic E-state index is 12.7. The lowest BCUT2D eigenvalue weighted by atomic mass is 10.0. The minimum absolute atomic E-state index is 0.0423. The lowest BCUT2D eigenvalue weighted by Gasteiger charge is -2.17. The molecule has 1 aliphatic heterocycles. The maximum Gasteiger partial charge on any atom is 0.336 e. The van der Waals surface area contributed by atoms with Gasteiger partial charge in [-0.15, -0.1) is 0 Å². The van der Waals surface area contributed by atoms with E-state index in [4.69, 9.17) is 9.15 Å². The highest BCUT2D eigenvalue weighted by Gasteiger charge is 2.36. The predicted molar refractivity (Wildman–Crippen MR) is 118 cm³/mol. The van der Waals surface area contributed by atoms with E-state index in [-0.39, 0.29) is 18.9 Å². The molecule has 1 aliphatic rings. The number of hydrogen-bond donors (Lipinski definition) is 0. The monoisotopic (exact) mass is 419 g/mol. The second kappa shape index (κ2) is 8.38. The normalized spacial score (nSPS) is 16.2. The van der Waals surface area contributed by atoms with Crippen LogP contribution in [0.15, 0.2) is 51.7 Å². The van der Waals surface area contributed by atoms with E-state index < -0.39 is 17.5 Å². The van der Waals surface area contributed by atoms with Crippen molar-refractivity contribution in [1.29, 1.82) is 0 Å². The van der Waals surface area contributed by atoms with Gasteiger partial charge in [-0.2, -0.15) is 0 Å². The summed E-state index contributed by atoms with van der Waals surface area (Å²) >= 11 is 0. The first-order valence-electron chi connectivity index (χ1n) is 10.5. The minimum Gasteiger partial charge on any atom is -0.461 e. The topological polar surface area (TPSA) is 76.8 Å². The van der Waals surface area contributed by atoms with Gasteiger partial charge in [-0.3, -0.25) is 9.59 Å². The number of hydrogen-bond acceptors (Lipinski definition) is 5. The summed E-state index contributed by atoms with van der Waals surface area (Å²) < 4.78 is 10.8. The number of nitrogens with zero attached hydrogens (tertiary/aromatic N) is 1. The minimum atomic E-state index is -0.534. The van der Waals surface area contributed by atoms with Crippen molar-refractivity contribution in [2.24, 2.45) is 5.92 Å². The van der Waals surface area contributed by atoms with Crippen molar-refractivity contribution in [2.75, 3.05) is 11.4 Å². The highest BCUT2D eigenvalue weighted by molar-refractivity contribution is 5.99. The van der Waals surface area contributed by atoms with Crippen LogP contribution in [0.2, 0.25) is 0 Å². The van der Waals surface area contributed by atoms with Crippen molar-refractivity contribution < 1.29 is 18.7 Å². The average molecular weight is 419 g/mol. The van der Waals surface area contributed by atoms with Crippen molar-refractivity contribution in [1.82, 2.24) is 0 Å². The average Bonchev–Trinajstić information content (AvgIpc) is 3.15. The van der Waals surface area contributed by atoms with Crippen LogP contribution in [0.3, 0.4) is 0 Å². The van der Waals surface area contributed by atoms with E-state index in [0.717, 1.165) is 28.6 Å². The van der Waals surface area contributed by atoms with Crippen LogP contribution in [0, 0.1) is 19.8 Å². The lowest BCUT2D eigenvalue weighted by Crippen LogP contribution is -2.26.